The third-order valence-corrected chi connectivity index (χ3v) is 17.1. The number of thiol groups is 1. The Morgan fingerprint density at radius 3 is 1.38 bits per heavy atom. The van der Waals surface area contributed by atoms with Crippen molar-refractivity contribution in [1.29, 1.82) is 0 Å². The van der Waals surface area contributed by atoms with Gasteiger partial charge in [-0.25, -0.2) is 0 Å². The van der Waals surface area contributed by atoms with Gasteiger partial charge in [-0.2, -0.15) is 12.6 Å². The second-order valence-corrected chi connectivity index (χ2v) is 14.5. The van der Waals surface area contributed by atoms with E-state index < -0.39 is 16.9 Å². The summed E-state index contributed by atoms with van der Waals surface area (Å²) in [5.41, 5.74) is 0. The first-order valence-corrected chi connectivity index (χ1v) is 10.9. The second-order valence-electron chi connectivity index (χ2n) is 4.04. The fourth-order valence-corrected chi connectivity index (χ4v) is 14.6. The zero-order chi connectivity index (χ0) is 12.8. The molecule has 6 heteroatoms. The minimum atomic E-state index is -2.59. The van der Waals surface area contributed by atoms with Crippen LogP contribution in [0.3, 0.4) is 0 Å². The molecule has 0 heterocycles. The van der Waals surface area contributed by atoms with Gasteiger partial charge in [-0.1, -0.05) is 38.9 Å². The molecule has 0 aromatic heterocycles. The van der Waals surface area contributed by atoms with Gasteiger partial charge in [0.25, 0.3) is 0 Å². The summed E-state index contributed by atoms with van der Waals surface area (Å²) in [6, 6.07) is 3.58. The van der Waals surface area contributed by atoms with Crippen LogP contribution >= 0.6 is 12.6 Å². The predicted molar refractivity (Wildman–Crippen MR) is 76.8 cm³/mol. The van der Waals surface area contributed by atoms with Crippen LogP contribution in [0.1, 0.15) is 20.8 Å². The van der Waals surface area contributed by atoms with Gasteiger partial charge in [0.15, 0.2) is 0 Å². The number of rotatable bonds is 8. The second kappa shape index (κ2) is 7.18. The number of hydrogen-bond acceptors (Lipinski definition) is 4. The van der Waals surface area contributed by atoms with E-state index in [1.165, 1.54) is 18.1 Å². The molecule has 1 atom stereocenters. The minimum Gasteiger partial charge on any atom is -0.376 e. The fraction of sp³-hybridized carbons (Fsp3) is 1.00. The Morgan fingerprint density at radius 1 is 0.875 bits per heavy atom. The normalized spacial score (nSPS) is 15.2. The average Bonchev–Trinajstić information content (AvgIpc) is 2.35. The van der Waals surface area contributed by atoms with Crippen LogP contribution in [-0.4, -0.2) is 42.7 Å². The predicted octanol–water partition coefficient (Wildman–Crippen LogP) is 2.75. The Hall–Kier alpha value is 0.664. The molecule has 0 saturated carbocycles. The molecule has 0 fully saturated rings. The molecule has 3 nitrogen and oxygen atoms in total. The highest BCUT2D eigenvalue weighted by atomic mass is 32.1. The lowest BCUT2D eigenvalue weighted by Crippen LogP contribution is -2.63. The molecule has 0 aliphatic heterocycles. The maximum Gasteiger partial charge on any atom is 0.510 e. The highest BCUT2D eigenvalue weighted by molar-refractivity contribution is 7.85. The van der Waals surface area contributed by atoms with Crippen LogP contribution in [0.4, 0.5) is 0 Å². The summed E-state index contributed by atoms with van der Waals surface area (Å²) >= 11 is 4.82. The molecule has 0 unspecified atom stereocenters. The molecule has 0 aromatic carbocycles. The Bertz CT molecular complexity index is 160. The van der Waals surface area contributed by atoms with Gasteiger partial charge in [0.05, 0.1) is 12.6 Å². The quantitative estimate of drug-likeness (QED) is 0.548. The molecule has 0 rings (SSSR count). The van der Waals surface area contributed by atoms with Crippen LogP contribution in [0.15, 0.2) is 0 Å². The first-order valence-electron chi connectivity index (χ1n) is 5.85. The lowest BCUT2D eigenvalue weighted by Gasteiger charge is -2.41. The Balaban J connectivity index is 5.16. The standard InChI is InChI=1S/C10H26O3SSi2/c1-7-15(8-2,9-3)10(14)16(11-4,12-5)13-6/h10,14H,7-9H2,1-6H3/t10-/m0/s1. The van der Waals surface area contributed by atoms with Crippen LogP contribution in [0.2, 0.25) is 18.1 Å². The number of hydrogen-bond donors (Lipinski definition) is 1. The Morgan fingerprint density at radius 2 is 1.19 bits per heavy atom. The molecule has 0 N–H and O–H groups in total. The van der Waals surface area contributed by atoms with Crippen molar-refractivity contribution in [1.82, 2.24) is 0 Å². The SMILES string of the molecule is CC[Si](CC)(CC)[C@H](S)[Si](OC)(OC)OC. The smallest absolute Gasteiger partial charge is 0.376 e. The van der Waals surface area contributed by atoms with E-state index in [0.717, 1.165) is 0 Å². The van der Waals surface area contributed by atoms with E-state index in [-0.39, 0.29) is 4.50 Å². The third-order valence-electron chi connectivity index (χ3n) is 3.88. The van der Waals surface area contributed by atoms with E-state index in [1.807, 2.05) is 0 Å². The molecule has 0 aliphatic rings. The van der Waals surface area contributed by atoms with Crippen molar-refractivity contribution in [3.05, 3.63) is 0 Å². The molecule has 0 spiro atoms. The van der Waals surface area contributed by atoms with Crippen LogP contribution in [0.5, 0.6) is 0 Å². The van der Waals surface area contributed by atoms with Crippen molar-refractivity contribution in [2.24, 2.45) is 0 Å². The van der Waals surface area contributed by atoms with Crippen LogP contribution < -0.4 is 0 Å². The maximum absolute atomic E-state index is 5.56. The van der Waals surface area contributed by atoms with E-state index >= 15 is 0 Å². The molecule has 0 aromatic rings. The van der Waals surface area contributed by atoms with E-state index in [2.05, 4.69) is 20.8 Å². The third kappa shape index (κ3) is 2.91. The minimum absolute atomic E-state index is 0.153. The summed E-state index contributed by atoms with van der Waals surface area (Å²) in [5, 5.41) is 0. The molecule has 0 saturated heterocycles. The molecule has 98 valence electrons. The maximum atomic E-state index is 5.56. The summed E-state index contributed by atoms with van der Waals surface area (Å²) in [6.45, 7) is 6.76. The van der Waals surface area contributed by atoms with Gasteiger partial charge in [0.2, 0.25) is 0 Å². The molecule has 0 amide bonds. The molecular formula is C10H26O3SSi2. The van der Waals surface area contributed by atoms with Gasteiger partial charge >= 0.3 is 8.80 Å². The molecular weight excluding hydrogens is 256 g/mol. The highest BCUT2D eigenvalue weighted by Crippen LogP contribution is 2.34. The monoisotopic (exact) mass is 282 g/mol. The van der Waals surface area contributed by atoms with Crippen molar-refractivity contribution in [2.45, 2.75) is 43.4 Å². The van der Waals surface area contributed by atoms with E-state index in [0.29, 0.717) is 0 Å². The lowest BCUT2D eigenvalue weighted by atomic mass is 10.9. The molecule has 0 aliphatic carbocycles. The fourth-order valence-electron chi connectivity index (χ4n) is 2.29. The first kappa shape index (κ1) is 16.7. The molecule has 0 bridgehead atoms. The van der Waals surface area contributed by atoms with Gasteiger partial charge in [-0.05, 0) is 0 Å². The average molecular weight is 283 g/mol. The highest BCUT2D eigenvalue weighted by Gasteiger charge is 2.54. The lowest BCUT2D eigenvalue weighted by molar-refractivity contribution is 0.127. The van der Waals surface area contributed by atoms with Crippen molar-refractivity contribution in [3.8, 4) is 0 Å². The Kier molecular flexibility index (Phi) is 7.47. The first-order chi connectivity index (χ1) is 7.52. The van der Waals surface area contributed by atoms with Gasteiger partial charge < -0.3 is 13.3 Å². The largest absolute Gasteiger partial charge is 0.510 e. The summed E-state index contributed by atoms with van der Waals surface area (Å²) in [4.78, 5) is 0. The summed E-state index contributed by atoms with van der Waals surface area (Å²) < 4.78 is 16.8. The van der Waals surface area contributed by atoms with Gasteiger partial charge in [-0.15, -0.1) is 0 Å². The molecule has 0 radical (unpaired) electrons. The Labute approximate surface area is 108 Å². The van der Waals surface area contributed by atoms with E-state index in [9.17, 15) is 0 Å². The van der Waals surface area contributed by atoms with Crippen molar-refractivity contribution >= 4 is 29.5 Å². The van der Waals surface area contributed by atoms with Crippen molar-refractivity contribution < 1.29 is 13.3 Å². The summed E-state index contributed by atoms with van der Waals surface area (Å²) in [5.74, 6) is 0. The summed E-state index contributed by atoms with van der Waals surface area (Å²) in [6.07, 6.45) is 0. The summed E-state index contributed by atoms with van der Waals surface area (Å²) in [7, 11) is 0.946. The zero-order valence-electron chi connectivity index (χ0n) is 11.4. The van der Waals surface area contributed by atoms with E-state index in [1.54, 1.807) is 21.3 Å². The van der Waals surface area contributed by atoms with Crippen LogP contribution in [0, 0.1) is 0 Å². The molecule has 16 heavy (non-hydrogen) atoms. The van der Waals surface area contributed by atoms with Gasteiger partial charge in [0.1, 0.15) is 0 Å². The van der Waals surface area contributed by atoms with E-state index in [4.69, 9.17) is 25.9 Å². The van der Waals surface area contributed by atoms with Crippen molar-refractivity contribution in [3.63, 3.8) is 0 Å². The van der Waals surface area contributed by atoms with Crippen LogP contribution in [-0.2, 0) is 13.3 Å². The van der Waals surface area contributed by atoms with Gasteiger partial charge in [0, 0.05) is 21.3 Å². The van der Waals surface area contributed by atoms with Crippen molar-refractivity contribution in [2.75, 3.05) is 21.3 Å². The zero-order valence-corrected chi connectivity index (χ0v) is 14.3. The van der Waals surface area contributed by atoms with Crippen LogP contribution in [0.25, 0.3) is 0 Å². The topological polar surface area (TPSA) is 27.7 Å². The van der Waals surface area contributed by atoms with Gasteiger partial charge in [-0.3, -0.25) is 0 Å².